The minimum atomic E-state index is -0.145. The first-order valence-electron chi connectivity index (χ1n) is 5.35. The lowest BCUT2D eigenvalue weighted by Crippen LogP contribution is -2.11. The molecule has 15 heavy (non-hydrogen) atoms. The van der Waals surface area contributed by atoms with E-state index in [1.807, 2.05) is 34.6 Å². The lowest BCUT2D eigenvalue weighted by atomic mass is 9.85. The smallest absolute Gasteiger partial charge is 0.122 e. The molecule has 1 aromatic rings. The molecule has 0 aromatic heterocycles. The number of aromatic hydroxyl groups is 2. The van der Waals surface area contributed by atoms with Crippen LogP contribution in [0.1, 0.15) is 45.7 Å². The van der Waals surface area contributed by atoms with Crippen LogP contribution in [0.3, 0.4) is 0 Å². The monoisotopic (exact) mass is 210 g/mol. The molecule has 1 rings (SSSR count). The Hall–Kier alpha value is -1.18. The van der Waals surface area contributed by atoms with Crippen molar-refractivity contribution in [3.8, 4) is 11.5 Å². The Kier molecular flexibility index (Phi) is 4.66. The predicted octanol–water partition coefficient (Wildman–Crippen LogP) is 3.73. The lowest BCUT2D eigenvalue weighted by molar-refractivity contribution is 0.431. The van der Waals surface area contributed by atoms with Crippen LogP contribution in [0.5, 0.6) is 11.5 Å². The number of phenols is 2. The Morgan fingerprint density at radius 1 is 1.00 bits per heavy atom. The number of hydrogen-bond acceptors (Lipinski definition) is 2. The van der Waals surface area contributed by atoms with Gasteiger partial charge in [0.2, 0.25) is 0 Å². The van der Waals surface area contributed by atoms with E-state index < -0.39 is 0 Å². The normalized spacial score (nSPS) is 10.5. The topological polar surface area (TPSA) is 40.5 Å². The first-order valence-corrected chi connectivity index (χ1v) is 5.35. The molecule has 2 nitrogen and oxygen atoms in total. The van der Waals surface area contributed by atoms with E-state index in [-0.39, 0.29) is 16.9 Å². The molecule has 0 spiro atoms. The zero-order chi connectivity index (χ0) is 12.2. The van der Waals surface area contributed by atoms with Gasteiger partial charge in [0.05, 0.1) is 0 Å². The standard InChI is InChI=1S/C11H16O2.C2H6/c1-7-5-8(12)6-9(10(7)13)11(2,3)4;1-2/h5-6,12-13H,1-4H3;1-2H3. The Morgan fingerprint density at radius 3 is 1.87 bits per heavy atom. The molecule has 2 N–H and O–H groups in total. The van der Waals surface area contributed by atoms with E-state index >= 15 is 0 Å². The second kappa shape index (κ2) is 5.06. The third-order valence-electron chi connectivity index (χ3n) is 2.09. The number of benzene rings is 1. The maximum Gasteiger partial charge on any atom is 0.122 e. The SMILES string of the molecule is CC.Cc1cc(O)cc(C(C)(C)C)c1O. The predicted molar refractivity (Wildman–Crippen MR) is 64.6 cm³/mol. The molecule has 0 atom stereocenters. The largest absolute Gasteiger partial charge is 0.508 e. The highest BCUT2D eigenvalue weighted by atomic mass is 16.3. The number of hydrogen-bond donors (Lipinski definition) is 2. The second-order valence-corrected chi connectivity index (χ2v) is 4.41. The summed E-state index contributed by atoms with van der Waals surface area (Å²) in [6, 6.07) is 3.17. The molecular formula is C13H22O2. The molecule has 0 aliphatic heterocycles. The summed E-state index contributed by atoms with van der Waals surface area (Å²) < 4.78 is 0. The fourth-order valence-electron chi connectivity index (χ4n) is 1.33. The van der Waals surface area contributed by atoms with Gasteiger partial charge in [-0.1, -0.05) is 34.6 Å². The molecule has 0 fully saturated rings. The van der Waals surface area contributed by atoms with Gasteiger partial charge in [-0.15, -0.1) is 0 Å². The van der Waals surface area contributed by atoms with Crippen molar-refractivity contribution >= 4 is 0 Å². The summed E-state index contributed by atoms with van der Waals surface area (Å²) in [7, 11) is 0. The van der Waals surface area contributed by atoms with Crippen LogP contribution in [0.25, 0.3) is 0 Å². The van der Waals surface area contributed by atoms with E-state index in [4.69, 9.17) is 0 Å². The average Bonchev–Trinajstić information content (AvgIpc) is 2.13. The van der Waals surface area contributed by atoms with E-state index in [1.165, 1.54) is 0 Å². The van der Waals surface area contributed by atoms with Gasteiger partial charge in [-0.25, -0.2) is 0 Å². The van der Waals surface area contributed by atoms with Gasteiger partial charge in [0.1, 0.15) is 11.5 Å². The third-order valence-corrected chi connectivity index (χ3v) is 2.09. The average molecular weight is 210 g/mol. The van der Waals surface area contributed by atoms with Crippen molar-refractivity contribution in [2.45, 2.75) is 47.0 Å². The maximum atomic E-state index is 9.75. The summed E-state index contributed by atoms with van der Waals surface area (Å²) in [6.45, 7) is 11.8. The summed E-state index contributed by atoms with van der Waals surface area (Å²) in [4.78, 5) is 0. The molecule has 86 valence electrons. The summed E-state index contributed by atoms with van der Waals surface area (Å²) >= 11 is 0. The van der Waals surface area contributed by atoms with Gasteiger partial charge >= 0.3 is 0 Å². The highest BCUT2D eigenvalue weighted by Crippen LogP contribution is 2.35. The molecule has 0 radical (unpaired) electrons. The van der Waals surface area contributed by atoms with Crippen LogP contribution in [-0.4, -0.2) is 10.2 Å². The maximum absolute atomic E-state index is 9.75. The first-order chi connectivity index (χ1) is 6.82. The van der Waals surface area contributed by atoms with Crippen LogP contribution in [0.2, 0.25) is 0 Å². The third kappa shape index (κ3) is 3.46. The molecule has 2 heteroatoms. The fourth-order valence-corrected chi connectivity index (χ4v) is 1.33. The van der Waals surface area contributed by atoms with Gasteiger partial charge in [0.25, 0.3) is 0 Å². The zero-order valence-electron chi connectivity index (χ0n) is 10.5. The molecular weight excluding hydrogens is 188 g/mol. The van der Waals surface area contributed by atoms with Crippen LogP contribution >= 0.6 is 0 Å². The Labute approximate surface area is 92.6 Å². The minimum absolute atomic E-state index is 0.145. The number of aryl methyl sites for hydroxylation is 1. The summed E-state index contributed by atoms with van der Waals surface area (Å²) in [5.74, 6) is 0.491. The lowest BCUT2D eigenvalue weighted by Gasteiger charge is -2.21. The van der Waals surface area contributed by atoms with E-state index in [1.54, 1.807) is 19.1 Å². The molecule has 1 aromatic carbocycles. The summed E-state index contributed by atoms with van der Waals surface area (Å²) in [5.41, 5.74) is 1.35. The van der Waals surface area contributed by atoms with Gasteiger partial charge in [-0.05, 0) is 30.0 Å². The second-order valence-electron chi connectivity index (χ2n) is 4.41. The van der Waals surface area contributed by atoms with Crippen molar-refractivity contribution in [3.63, 3.8) is 0 Å². The van der Waals surface area contributed by atoms with Gasteiger partial charge in [-0.2, -0.15) is 0 Å². The number of rotatable bonds is 0. The van der Waals surface area contributed by atoms with Crippen molar-refractivity contribution in [2.75, 3.05) is 0 Å². The van der Waals surface area contributed by atoms with E-state index in [2.05, 4.69) is 0 Å². The van der Waals surface area contributed by atoms with Crippen molar-refractivity contribution < 1.29 is 10.2 Å². The van der Waals surface area contributed by atoms with Gasteiger partial charge in [0.15, 0.2) is 0 Å². The van der Waals surface area contributed by atoms with Gasteiger partial charge in [-0.3, -0.25) is 0 Å². The van der Waals surface area contributed by atoms with E-state index in [0.29, 0.717) is 5.56 Å². The Morgan fingerprint density at radius 2 is 1.47 bits per heavy atom. The van der Waals surface area contributed by atoms with Crippen LogP contribution in [0.15, 0.2) is 12.1 Å². The Bertz CT molecular complexity index is 322. The Balaban J connectivity index is 0.000000921. The molecule has 0 aliphatic rings. The minimum Gasteiger partial charge on any atom is -0.508 e. The quantitative estimate of drug-likeness (QED) is 0.640. The fraction of sp³-hybridized carbons (Fsp3) is 0.538. The molecule has 0 amide bonds. The van der Waals surface area contributed by atoms with E-state index in [0.717, 1.165) is 5.56 Å². The van der Waals surface area contributed by atoms with Crippen LogP contribution in [-0.2, 0) is 5.41 Å². The number of phenolic OH excluding ortho intramolecular Hbond substituents is 2. The van der Waals surface area contributed by atoms with E-state index in [9.17, 15) is 10.2 Å². The molecule has 0 saturated carbocycles. The summed E-state index contributed by atoms with van der Waals surface area (Å²) in [5, 5.41) is 19.1. The molecule has 0 aliphatic carbocycles. The molecule has 0 unspecified atom stereocenters. The van der Waals surface area contributed by atoms with Gasteiger partial charge < -0.3 is 10.2 Å². The molecule has 0 bridgehead atoms. The van der Waals surface area contributed by atoms with Crippen molar-refractivity contribution in [3.05, 3.63) is 23.3 Å². The molecule has 0 heterocycles. The highest BCUT2D eigenvalue weighted by Gasteiger charge is 2.19. The zero-order valence-corrected chi connectivity index (χ0v) is 10.5. The van der Waals surface area contributed by atoms with Crippen LogP contribution in [0, 0.1) is 6.92 Å². The first kappa shape index (κ1) is 13.8. The van der Waals surface area contributed by atoms with Crippen LogP contribution < -0.4 is 0 Å². The highest BCUT2D eigenvalue weighted by molar-refractivity contribution is 5.48. The molecule has 0 saturated heterocycles. The van der Waals surface area contributed by atoms with Crippen molar-refractivity contribution in [1.29, 1.82) is 0 Å². The summed E-state index contributed by atoms with van der Waals surface area (Å²) in [6.07, 6.45) is 0. The van der Waals surface area contributed by atoms with Crippen LogP contribution in [0.4, 0.5) is 0 Å². The van der Waals surface area contributed by atoms with Crippen molar-refractivity contribution in [2.24, 2.45) is 0 Å². The van der Waals surface area contributed by atoms with Crippen molar-refractivity contribution in [1.82, 2.24) is 0 Å². The van der Waals surface area contributed by atoms with Gasteiger partial charge in [0, 0.05) is 5.56 Å².